The average Bonchev–Trinajstić information content (AvgIpc) is 2.76. The molecule has 1 aliphatic rings. The monoisotopic (exact) mass is 493 g/mol. The summed E-state index contributed by atoms with van der Waals surface area (Å²) in [6.45, 7) is 15.6. The van der Waals surface area contributed by atoms with Gasteiger partial charge in [-0.15, -0.1) is 0 Å². The molecular formula is C18H46N3O6P3. The SMILES string of the molecule is CCCOP1(OCCC)=N[PH](OCCC)(OCCC)N[PH](OCCC)(OCCC)N1. The number of hydrogen-bond donors (Lipinski definition) is 2. The van der Waals surface area contributed by atoms with E-state index in [0.29, 0.717) is 39.6 Å². The van der Waals surface area contributed by atoms with Crippen LogP contribution in [-0.4, -0.2) is 39.6 Å². The fourth-order valence-corrected chi connectivity index (χ4v) is 15.3. The molecule has 0 aromatic rings. The zero-order valence-corrected chi connectivity index (χ0v) is 22.7. The summed E-state index contributed by atoms with van der Waals surface area (Å²) in [5.41, 5.74) is 0. The molecule has 0 fully saturated rings. The molecule has 12 heteroatoms. The van der Waals surface area contributed by atoms with Gasteiger partial charge in [0.05, 0.1) is 0 Å². The Bertz CT molecular complexity index is 488. The molecule has 0 unspecified atom stereocenters. The molecule has 0 bridgehead atoms. The topological polar surface area (TPSA) is 91.8 Å². The third kappa shape index (κ3) is 9.33. The number of rotatable bonds is 18. The van der Waals surface area contributed by atoms with Crippen LogP contribution in [0, 0.1) is 0 Å². The average molecular weight is 494 g/mol. The van der Waals surface area contributed by atoms with Crippen molar-refractivity contribution in [1.82, 2.24) is 9.72 Å². The van der Waals surface area contributed by atoms with Gasteiger partial charge >= 0.3 is 185 Å². The first-order valence-corrected chi connectivity index (χ1v) is 16.7. The quantitative estimate of drug-likeness (QED) is 0.209. The second-order valence-corrected chi connectivity index (χ2v) is 14.9. The Morgan fingerprint density at radius 1 is 0.600 bits per heavy atom. The Morgan fingerprint density at radius 2 is 1.00 bits per heavy atom. The third-order valence-electron chi connectivity index (χ3n) is 3.84. The van der Waals surface area contributed by atoms with Crippen LogP contribution in [-0.2, 0) is 27.1 Å². The number of nitrogens with one attached hydrogen (secondary N) is 2. The summed E-state index contributed by atoms with van der Waals surface area (Å²) in [4.78, 5) is 6.99. The Labute approximate surface area is 185 Å². The zero-order valence-electron chi connectivity index (χ0n) is 19.8. The van der Waals surface area contributed by atoms with E-state index in [9.17, 15) is 0 Å². The minimum absolute atomic E-state index is 0.520. The summed E-state index contributed by atoms with van der Waals surface area (Å²) in [5, 5.41) is 0. The summed E-state index contributed by atoms with van der Waals surface area (Å²) in [6, 6.07) is 0. The van der Waals surface area contributed by atoms with Gasteiger partial charge in [-0.25, -0.2) is 0 Å². The van der Waals surface area contributed by atoms with Gasteiger partial charge in [-0.2, -0.15) is 0 Å². The van der Waals surface area contributed by atoms with E-state index in [2.05, 4.69) is 51.3 Å². The van der Waals surface area contributed by atoms with Gasteiger partial charge in [-0.3, -0.25) is 0 Å². The van der Waals surface area contributed by atoms with Gasteiger partial charge in [0.1, 0.15) is 0 Å². The van der Waals surface area contributed by atoms with E-state index in [1.54, 1.807) is 0 Å². The Morgan fingerprint density at radius 3 is 1.40 bits per heavy atom. The van der Waals surface area contributed by atoms with Crippen LogP contribution in [0.4, 0.5) is 0 Å². The maximum atomic E-state index is 6.33. The predicted molar refractivity (Wildman–Crippen MR) is 130 cm³/mol. The minimum atomic E-state index is -3.27. The molecule has 0 spiro atoms. The molecule has 1 heterocycles. The molecule has 0 saturated heterocycles. The molecule has 0 aromatic carbocycles. The standard InChI is InChI=1S/C18H46N3O6P3/c1-7-13-22-28(23-14-8-2)19-29(24-15-9-3,25-16-10-4)21-30(20-28,26-17-11-5)27-18-12-6/h19-20,28-29H,7-18H2,1-6H3. The zero-order chi connectivity index (χ0) is 22.3. The maximum absolute atomic E-state index is 6.33. The third-order valence-corrected chi connectivity index (χ3v) is 14.3. The van der Waals surface area contributed by atoms with Crippen LogP contribution in [0.1, 0.15) is 80.1 Å². The Kier molecular flexibility index (Phi) is 15.0. The molecule has 0 saturated carbocycles. The van der Waals surface area contributed by atoms with Crippen LogP contribution in [0.15, 0.2) is 4.52 Å². The van der Waals surface area contributed by atoms with Gasteiger partial charge in [-0.05, 0) is 0 Å². The molecule has 184 valence electrons. The Hall–Kier alpha value is 0.770. The van der Waals surface area contributed by atoms with Crippen molar-refractivity contribution < 1.29 is 27.1 Å². The first-order chi connectivity index (χ1) is 14.5. The molecule has 30 heavy (non-hydrogen) atoms. The molecule has 0 aromatic heterocycles. The van der Waals surface area contributed by atoms with Gasteiger partial charge in [0.15, 0.2) is 0 Å². The molecule has 1 aliphatic heterocycles. The van der Waals surface area contributed by atoms with Gasteiger partial charge in [0, 0.05) is 0 Å². The molecule has 9 nitrogen and oxygen atoms in total. The van der Waals surface area contributed by atoms with Gasteiger partial charge in [0.2, 0.25) is 0 Å². The molecule has 0 amide bonds. The van der Waals surface area contributed by atoms with E-state index in [1.165, 1.54) is 0 Å². The van der Waals surface area contributed by atoms with Crippen molar-refractivity contribution in [2.24, 2.45) is 4.52 Å². The summed E-state index contributed by atoms with van der Waals surface area (Å²) >= 11 is 0. The van der Waals surface area contributed by atoms with E-state index >= 15 is 0 Å². The fraction of sp³-hybridized carbons (Fsp3) is 1.00. The van der Waals surface area contributed by atoms with E-state index in [-0.39, 0.29) is 0 Å². The van der Waals surface area contributed by atoms with Crippen LogP contribution in [0.5, 0.6) is 0 Å². The molecule has 0 atom stereocenters. The van der Waals surface area contributed by atoms with Crippen molar-refractivity contribution in [3.8, 4) is 0 Å². The second kappa shape index (κ2) is 15.6. The van der Waals surface area contributed by atoms with Gasteiger partial charge in [-0.1, -0.05) is 0 Å². The van der Waals surface area contributed by atoms with Crippen molar-refractivity contribution in [2.75, 3.05) is 39.6 Å². The van der Waals surface area contributed by atoms with Crippen LogP contribution < -0.4 is 9.72 Å². The predicted octanol–water partition coefficient (Wildman–Crippen LogP) is 6.50. The molecule has 0 aliphatic carbocycles. The van der Waals surface area contributed by atoms with E-state index < -0.39 is 23.7 Å². The van der Waals surface area contributed by atoms with E-state index in [4.69, 9.17) is 31.7 Å². The molecule has 0 radical (unpaired) electrons. The fourth-order valence-electron chi connectivity index (χ4n) is 2.56. The number of hydrogen-bond acceptors (Lipinski definition) is 9. The molecular weight excluding hydrogens is 447 g/mol. The van der Waals surface area contributed by atoms with E-state index in [0.717, 1.165) is 38.5 Å². The van der Waals surface area contributed by atoms with Crippen molar-refractivity contribution in [1.29, 1.82) is 0 Å². The summed E-state index contributed by atoms with van der Waals surface area (Å²) < 4.78 is 42.8. The van der Waals surface area contributed by atoms with Crippen molar-refractivity contribution in [2.45, 2.75) is 80.1 Å². The van der Waals surface area contributed by atoms with Crippen molar-refractivity contribution in [3.63, 3.8) is 0 Å². The summed E-state index contributed by atoms with van der Waals surface area (Å²) in [6.07, 6.45) is 5.13. The van der Waals surface area contributed by atoms with E-state index in [1.807, 2.05) is 0 Å². The van der Waals surface area contributed by atoms with Gasteiger partial charge in [0.25, 0.3) is 0 Å². The van der Waals surface area contributed by atoms with Crippen LogP contribution in [0.25, 0.3) is 0 Å². The first-order valence-electron chi connectivity index (χ1n) is 11.6. The molecule has 1 rings (SSSR count). The van der Waals surface area contributed by atoms with Crippen molar-refractivity contribution >= 4 is 23.7 Å². The second-order valence-electron chi connectivity index (χ2n) is 7.12. The number of nitrogens with zero attached hydrogens (tertiary/aromatic N) is 1. The summed E-state index contributed by atoms with van der Waals surface area (Å²) in [5.74, 6) is 0. The van der Waals surface area contributed by atoms with Gasteiger partial charge < -0.3 is 0 Å². The van der Waals surface area contributed by atoms with Crippen molar-refractivity contribution in [3.05, 3.63) is 0 Å². The molecule has 2 N–H and O–H groups in total. The summed E-state index contributed by atoms with van der Waals surface area (Å²) in [7, 11) is -9.34. The van der Waals surface area contributed by atoms with Crippen LogP contribution in [0.2, 0.25) is 0 Å². The van der Waals surface area contributed by atoms with Crippen LogP contribution in [0.3, 0.4) is 0 Å². The Balaban J connectivity index is 3.49. The normalized spacial score (nSPS) is 21.7. The first kappa shape index (κ1) is 28.8. The van der Waals surface area contributed by atoms with Crippen LogP contribution >= 0.6 is 23.7 Å².